The minimum absolute atomic E-state index is 0.0666. The van der Waals surface area contributed by atoms with Gasteiger partial charge in [0, 0.05) is 12.3 Å². The fourth-order valence-electron chi connectivity index (χ4n) is 3.88. The summed E-state index contributed by atoms with van der Waals surface area (Å²) in [7, 11) is -1.91. The first-order chi connectivity index (χ1) is 13.5. The highest BCUT2D eigenvalue weighted by atomic mass is 28.4. The van der Waals surface area contributed by atoms with Crippen molar-refractivity contribution >= 4 is 20.1 Å². The van der Waals surface area contributed by atoms with Crippen molar-refractivity contribution in [3.05, 3.63) is 35.4 Å². The highest BCUT2D eigenvalue weighted by Gasteiger charge is 2.41. The van der Waals surface area contributed by atoms with Crippen LogP contribution in [0.4, 0.5) is 0 Å². The van der Waals surface area contributed by atoms with E-state index in [0.29, 0.717) is 12.8 Å². The third-order valence-electron chi connectivity index (χ3n) is 6.77. The van der Waals surface area contributed by atoms with Gasteiger partial charge >= 0.3 is 5.97 Å². The van der Waals surface area contributed by atoms with Crippen LogP contribution in [0.15, 0.2) is 24.3 Å². The molecule has 0 radical (unpaired) electrons. The number of carboxylic acid groups (broad SMARTS) is 1. The Morgan fingerprint density at radius 2 is 1.83 bits per heavy atom. The van der Waals surface area contributed by atoms with Gasteiger partial charge in [0.2, 0.25) is 0 Å². The van der Waals surface area contributed by atoms with Crippen LogP contribution < -0.4 is 0 Å². The molecule has 0 saturated heterocycles. The molecule has 162 valence electrons. The Morgan fingerprint density at radius 1 is 1.21 bits per heavy atom. The minimum atomic E-state index is -1.91. The number of aliphatic carboxylic acids is 1. The molecule has 29 heavy (non-hydrogen) atoms. The topological polar surface area (TPSA) is 63.6 Å². The van der Waals surface area contributed by atoms with Crippen molar-refractivity contribution in [3.8, 4) is 0 Å². The van der Waals surface area contributed by atoms with E-state index < -0.39 is 20.2 Å². The number of rotatable bonds is 9. The van der Waals surface area contributed by atoms with Crippen LogP contribution in [-0.2, 0) is 14.0 Å². The number of Topliss-reactive ketones (excluding diaryl/α,β-unsaturated/α-hetero) is 1. The van der Waals surface area contributed by atoms with Crippen LogP contribution in [0.2, 0.25) is 18.1 Å². The number of carbonyl (C=O) groups is 2. The van der Waals surface area contributed by atoms with Gasteiger partial charge < -0.3 is 9.53 Å². The van der Waals surface area contributed by atoms with Crippen molar-refractivity contribution in [2.75, 3.05) is 0 Å². The van der Waals surface area contributed by atoms with Crippen LogP contribution in [0.5, 0.6) is 0 Å². The molecule has 3 unspecified atom stereocenters. The Hall–Kier alpha value is -1.46. The van der Waals surface area contributed by atoms with Crippen molar-refractivity contribution in [3.63, 3.8) is 0 Å². The monoisotopic (exact) mass is 418 g/mol. The number of carbonyl (C=O) groups excluding carboxylic acids is 1. The molecule has 5 heteroatoms. The number of carboxylic acids is 1. The number of benzene rings is 1. The van der Waals surface area contributed by atoms with Crippen LogP contribution in [-0.4, -0.2) is 25.2 Å². The molecule has 1 aliphatic carbocycles. The van der Waals surface area contributed by atoms with E-state index in [-0.39, 0.29) is 22.8 Å². The Kier molecular flexibility index (Phi) is 7.85. The third kappa shape index (κ3) is 5.79. The molecule has 4 nitrogen and oxygen atoms in total. The average Bonchev–Trinajstić information content (AvgIpc) is 3.02. The number of hydrogen-bond donors (Lipinski definition) is 1. The molecule has 0 heterocycles. The smallest absolute Gasteiger partial charge is 0.314 e. The number of ketones is 1. The third-order valence-corrected chi connectivity index (χ3v) is 11.3. The van der Waals surface area contributed by atoms with Crippen LogP contribution >= 0.6 is 0 Å². The van der Waals surface area contributed by atoms with Gasteiger partial charge in [-0.3, -0.25) is 9.59 Å². The lowest BCUT2D eigenvalue weighted by molar-refractivity contribution is -0.145. The summed E-state index contributed by atoms with van der Waals surface area (Å²) in [6.45, 7) is 13.6. The van der Waals surface area contributed by atoms with E-state index in [0.717, 1.165) is 24.0 Å². The molecule has 1 N–H and O–H groups in total. The van der Waals surface area contributed by atoms with Gasteiger partial charge in [0.15, 0.2) is 8.32 Å². The summed E-state index contributed by atoms with van der Waals surface area (Å²) in [6.07, 6.45) is 5.55. The second kappa shape index (κ2) is 9.56. The lowest BCUT2D eigenvalue weighted by Gasteiger charge is -2.39. The lowest BCUT2D eigenvalue weighted by atomic mass is 9.87. The van der Waals surface area contributed by atoms with Crippen LogP contribution in [0, 0.1) is 5.92 Å². The standard InChI is InChI=1S/C24H38O4Si/c1-7-8-9-10-21(28-29(5,6)24(2,3)4)18-13-11-17(12-14-18)19-15-16-20(25)22(19)23(26)27/h11-14,19,21-22H,7-10,15-16H2,1-6H3,(H,26,27). The van der Waals surface area contributed by atoms with E-state index in [1.807, 2.05) is 12.1 Å². The SMILES string of the molecule is CCCCCC(O[Si](C)(C)C(C)(C)C)c1ccc(C2CCC(=O)C2C(=O)O)cc1. The van der Waals surface area contributed by atoms with Crippen LogP contribution in [0.25, 0.3) is 0 Å². The molecule has 0 spiro atoms. The van der Waals surface area contributed by atoms with Gasteiger partial charge in [-0.2, -0.15) is 0 Å². The Labute approximate surface area is 177 Å². The zero-order valence-electron chi connectivity index (χ0n) is 19.0. The second-order valence-electron chi connectivity index (χ2n) is 9.96. The maximum absolute atomic E-state index is 12.0. The molecule has 0 bridgehead atoms. The molecule has 3 atom stereocenters. The van der Waals surface area contributed by atoms with Gasteiger partial charge in [-0.15, -0.1) is 0 Å². The summed E-state index contributed by atoms with van der Waals surface area (Å²) in [4.78, 5) is 23.5. The zero-order valence-corrected chi connectivity index (χ0v) is 20.0. The predicted octanol–water partition coefficient (Wildman–Crippen LogP) is 6.48. The quantitative estimate of drug-likeness (QED) is 0.283. The minimum Gasteiger partial charge on any atom is -0.481 e. The maximum atomic E-state index is 12.0. The van der Waals surface area contributed by atoms with Crippen molar-refractivity contribution < 1.29 is 19.1 Å². The molecule has 1 fully saturated rings. The summed E-state index contributed by atoms with van der Waals surface area (Å²) in [5.41, 5.74) is 2.11. The molecular formula is C24H38O4Si. The maximum Gasteiger partial charge on any atom is 0.314 e. The summed E-state index contributed by atoms with van der Waals surface area (Å²) in [5, 5.41) is 9.59. The molecule has 2 rings (SSSR count). The average molecular weight is 419 g/mol. The lowest BCUT2D eigenvalue weighted by Crippen LogP contribution is -2.41. The van der Waals surface area contributed by atoms with E-state index in [4.69, 9.17) is 4.43 Å². The Bertz CT molecular complexity index is 703. The van der Waals surface area contributed by atoms with Crippen molar-refractivity contribution in [1.82, 2.24) is 0 Å². The largest absolute Gasteiger partial charge is 0.481 e. The van der Waals surface area contributed by atoms with Gasteiger partial charge in [-0.25, -0.2) is 0 Å². The summed E-state index contributed by atoms with van der Waals surface area (Å²) >= 11 is 0. The highest BCUT2D eigenvalue weighted by Crippen LogP contribution is 2.42. The number of unbranched alkanes of at least 4 members (excludes halogenated alkanes) is 2. The predicted molar refractivity (Wildman–Crippen MR) is 120 cm³/mol. The fourth-order valence-corrected chi connectivity index (χ4v) is 5.20. The summed E-state index contributed by atoms with van der Waals surface area (Å²) < 4.78 is 6.77. The first-order valence-corrected chi connectivity index (χ1v) is 13.9. The Balaban J connectivity index is 2.23. The summed E-state index contributed by atoms with van der Waals surface area (Å²) in [6, 6.07) is 8.19. The molecule has 0 aliphatic heterocycles. The molecule has 1 aromatic rings. The van der Waals surface area contributed by atoms with Gasteiger partial charge in [0.1, 0.15) is 11.7 Å². The van der Waals surface area contributed by atoms with Crippen molar-refractivity contribution in [2.24, 2.45) is 5.92 Å². The zero-order chi connectivity index (χ0) is 21.8. The van der Waals surface area contributed by atoms with Gasteiger partial charge in [-0.1, -0.05) is 71.2 Å². The summed E-state index contributed by atoms with van der Waals surface area (Å²) in [5.74, 6) is -2.26. The molecule has 0 amide bonds. The fraction of sp³-hybridized carbons (Fsp3) is 0.667. The first kappa shape index (κ1) is 23.8. The molecular weight excluding hydrogens is 380 g/mol. The van der Waals surface area contributed by atoms with E-state index in [9.17, 15) is 14.7 Å². The second-order valence-corrected chi connectivity index (χ2v) is 14.7. The normalized spacial score (nSPS) is 21.4. The van der Waals surface area contributed by atoms with Crippen molar-refractivity contribution in [2.45, 2.75) is 96.4 Å². The van der Waals surface area contributed by atoms with Gasteiger partial charge in [0.05, 0.1) is 6.10 Å². The van der Waals surface area contributed by atoms with E-state index in [1.165, 1.54) is 12.8 Å². The number of hydrogen-bond acceptors (Lipinski definition) is 3. The van der Waals surface area contributed by atoms with Crippen LogP contribution in [0.1, 0.15) is 89.4 Å². The van der Waals surface area contributed by atoms with Crippen LogP contribution in [0.3, 0.4) is 0 Å². The van der Waals surface area contributed by atoms with Gasteiger partial charge in [-0.05, 0) is 42.1 Å². The van der Waals surface area contributed by atoms with Crippen molar-refractivity contribution in [1.29, 1.82) is 0 Å². The Morgan fingerprint density at radius 3 is 2.34 bits per heavy atom. The molecule has 1 aliphatic rings. The molecule has 0 aromatic heterocycles. The van der Waals surface area contributed by atoms with E-state index >= 15 is 0 Å². The first-order valence-electron chi connectivity index (χ1n) is 11.0. The van der Waals surface area contributed by atoms with E-state index in [1.54, 1.807) is 0 Å². The van der Waals surface area contributed by atoms with Gasteiger partial charge in [0.25, 0.3) is 0 Å². The molecule has 1 aromatic carbocycles. The highest BCUT2D eigenvalue weighted by molar-refractivity contribution is 6.74. The molecule has 1 saturated carbocycles. The van der Waals surface area contributed by atoms with E-state index in [2.05, 4.69) is 52.9 Å².